The number of nitrogens with one attached hydrogen (secondary N) is 1. The lowest BCUT2D eigenvalue weighted by Gasteiger charge is -2.28. The molecule has 3 heterocycles. The van der Waals surface area contributed by atoms with Crippen molar-refractivity contribution in [1.29, 1.82) is 0 Å². The number of anilines is 1. The van der Waals surface area contributed by atoms with Gasteiger partial charge >= 0.3 is 0 Å². The summed E-state index contributed by atoms with van der Waals surface area (Å²) in [6, 6.07) is 10.3. The lowest BCUT2D eigenvalue weighted by molar-refractivity contribution is -0.129. The Morgan fingerprint density at radius 1 is 1.21 bits per heavy atom. The molecule has 1 N–H and O–H groups in total. The molecule has 1 atom stereocenters. The molecule has 0 aliphatic carbocycles. The summed E-state index contributed by atoms with van der Waals surface area (Å²) < 4.78 is 5.45. The van der Waals surface area contributed by atoms with Crippen LogP contribution in [0.5, 0.6) is 0 Å². The number of fused-ring (bicyclic) bond motifs is 1. The van der Waals surface area contributed by atoms with Crippen LogP contribution in [0.1, 0.15) is 39.4 Å². The van der Waals surface area contributed by atoms with E-state index >= 15 is 0 Å². The summed E-state index contributed by atoms with van der Waals surface area (Å²) in [6.45, 7) is 10.9. The van der Waals surface area contributed by atoms with Gasteiger partial charge < -0.3 is 19.5 Å². The Hall–Kier alpha value is -2.64. The van der Waals surface area contributed by atoms with Crippen molar-refractivity contribution in [1.82, 2.24) is 19.9 Å². The second-order valence-corrected chi connectivity index (χ2v) is 9.53. The number of aromatic amines is 1. The first kappa shape index (κ1) is 24.5. The number of hydrogen-bond acceptors (Lipinski definition) is 5. The zero-order chi connectivity index (χ0) is 24.1. The van der Waals surface area contributed by atoms with Gasteiger partial charge in [-0.3, -0.25) is 4.79 Å². The van der Waals surface area contributed by atoms with Crippen molar-refractivity contribution in [2.45, 2.75) is 40.0 Å². The third kappa shape index (κ3) is 5.88. The average molecular weight is 484 g/mol. The molecule has 3 aromatic rings. The van der Waals surface area contributed by atoms with E-state index in [2.05, 4.69) is 48.0 Å². The summed E-state index contributed by atoms with van der Waals surface area (Å²) in [5.41, 5.74) is 4.42. The van der Waals surface area contributed by atoms with Crippen LogP contribution in [0, 0.1) is 5.92 Å². The van der Waals surface area contributed by atoms with E-state index in [4.69, 9.17) is 26.3 Å². The van der Waals surface area contributed by atoms with Crippen LogP contribution in [0.2, 0.25) is 5.02 Å². The van der Waals surface area contributed by atoms with Crippen molar-refractivity contribution in [2.24, 2.45) is 5.92 Å². The first-order valence-electron chi connectivity index (χ1n) is 12.2. The highest BCUT2D eigenvalue weighted by Crippen LogP contribution is 2.30. The fourth-order valence-corrected chi connectivity index (χ4v) is 4.68. The van der Waals surface area contributed by atoms with Crippen LogP contribution >= 0.6 is 11.6 Å². The topological polar surface area (TPSA) is 74.4 Å². The third-order valence-corrected chi connectivity index (χ3v) is 6.65. The Labute approximate surface area is 206 Å². The molecule has 2 aromatic heterocycles. The predicted octanol–water partition coefficient (Wildman–Crippen LogP) is 4.94. The smallest absolute Gasteiger partial charge is 0.219 e. The van der Waals surface area contributed by atoms with Gasteiger partial charge in [0.2, 0.25) is 5.91 Å². The van der Waals surface area contributed by atoms with Crippen molar-refractivity contribution in [3.05, 3.63) is 41.2 Å². The minimum absolute atomic E-state index is 0.141. The molecule has 34 heavy (non-hydrogen) atoms. The summed E-state index contributed by atoms with van der Waals surface area (Å²) >= 11 is 6.61. The highest BCUT2D eigenvalue weighted by molar-refractivity contribution is 6.33. The minimum Gasteiger partial charge on any atom is -0.378 e. The number of morpholine rings is 1. The number of carbonyl (C=O) groups excluding carboxylic acids is 1. The van der Waals surface area contributed by atoms with Crippen LogP contribution < -0.4 is 4.90 Å². The largest absolute Gasteiger partial charge is 0.378 e. The molecule has 182 valence electrons. The molecule has 7 nitrogen and oxygen atoms in total. The zero-order valence-corrected chi connectivity index (χ0v) is 21.1. The maximum Gasteiger partial charge on any atom is 0.219 e. The molecule has 0 saturated carbocycles. The molecule has 1 saturated heterocycles. The fourth-order valence-electron chi connectivity index (χ4n) is 4.42. The van der Waals surface area contributed by atoms with E-state index in [1.165, 1.54) is 5.69 Å². The summed E-state index contributed by atoms with van der Waals surface area (Å²) in [4.78, 5) is 28.9. The average Bonchev–Trinajstić information content (AvgIpc) is 3.22. The minimum atomic E-state index is 0.141. The van der Waals surface area contributed by atoms with Crippen molar-refractivity contribution in [3.8, 4) is 11.3 Å². The summed E-state index contributed by atoms with van der Waals surface area (Å²) in [5, 5.41) is 0.603. The number of H-pyrrole nitrogens is 1. The van der Waals surface area contributed by atoms with E-state index in [1.54, 1.807) is 6.92 Å². The number of aromatic nitrogens is 3. The van der Waals surface area contributed by atoms with Crippen molar-refractivity contribution >= 4 is 34.4 Å². The number of pyridine rings is 1. The van der Waals surface area contributed by atoms with E-state index in [-0.39, 0.29) is 5.91 Å². The number of ether oxygens (including phenoxy) is 1. The van der Waals surface area contributed by atoms with E-state index in [0.29, 0.717) is 16.6 Å². The molecule has 1 aliphatic heterocycles. The molecule has 0 radical (unpaired) electrons. The van der Waals surface area contributed by atoms with E-state index in [0.717, 1.165) is 81.3 Å². The van der Waals surface area contributed by atoms with Gasteiger partial charge in [-0.1, -0.05) is 37.6 Å². The van der Waals surface area contributed by atoms with Crippen molar-refractivity contribution < 1.29 is 9.53 Å². The Morgan fingerprint density at radius 2 is 1.94 bits per heavy atom. The highest BCUT2D eigenvalue weighted by atomic mass is 35.5. The molecule has 1 unspecified atom stereocenters. The SMILES string of the molecule is CCCN(CCC(C)Cc1nc2nc(-c3ccc(N4CCOCC4)cc3)c(Cl)cc2[nH]1)C(C)=O. The quantitative estimate of drug-likeness (QED) is 0.466. The number of hydrogen-bond donors (Lipinski definition) is 1. The fraction of sp³-hybridized carbons (Fsp3) is 0.500. The molecule has 4 rings (SSSR count). The molecular weight excluding hydrogens is 450 g/mol. The number of amides is 1. The van der Waals surface area contributed by atoms with Crippen LogP contribution in [0.4, 0.5) is 5.69 Å². The molecule has 1 fully saturated rings. The van der Waals surface area contributed by atoms with Gasteiger partial charge in [0.1, 0.15) is 5.82 Å². The first-order valence-corrected chi connectivity index (χ1v) is 12.6. The van der Waals surface area contributed by atoms with Gasteiger partial charge in [0.25, 0.3) is 0 Å². The second kappa shape index (κ2) is 11.2. The maximum absolute atomic E-state index is 11.8. The maximum atomic E-state index is 11.8. The summed E-state index contributed by atoms with van der Waals surface area (Å²) in [6.07, 6.45) is 2.71. The predicted molar refractivity (Wildman–Crippen MR) is 137 cm³/mol. The number of imidazole rings is 1. The highest BCUT2D eigenvalue weighted by Gasteiger charge is 2.16. The molecule has 0 bridgehead atoms. The molecule has 0 spiro atoms. The molecule has 8 heteroatoms. The number of benzene rings is 1. The first-order chi connectivity index (χ1) is 16.4. The van der Waals surface area contributed by atoms with Crippen molar-refractivity contribution in [2.75, 3.05) is 44.3 Å². The lowest BCUT2D eigenvalue weighted by atomic mass is 10.0. The number of rotatable bonds is 9. The van der Waals surface area contributed by atoms with Crippen LogP contribution in [-0.2, 0) is 16.0 Å². The van der Waals surface area contributed by atoms with Gasteiger partial charge in [0, 0.05) is 50.8 Å². The van der Waals surface area contributed by atoms with Gasteiger partial charge in [-0.25, -0.2) is 9.97 Å². The van der Waals surface area contributed by atoms with Crippen LogP contribution in [0.15, 0.2) is 30.3 Å². The van der Waals surface area contributed by atoms with Gasteiger partial charge in [-0.05, 0) is 37.0 Å². The number of nitrogens with zero attached hydrogens (tertiary/aromatic N) is 4. The van der Waals surface area contributed by atoms with Gasteiger partial charge in [0.15, 0.2) is 5.65 Å². The normalized spacial score (nSPS) is 15.0. The van der Waals surface area contributed by atoms with E-state index < -0.39 is 0 Å². The van der Waals surface area contributed by atoms with Gasteiger partial charge in [-0.2, -0.15) is 0 Å². The molecule has 1 aromatic carbocycles. The van der Waals surface area contributed by atoms with E-state index in [1.807, 2.05) is 11.0 Å². The summed E-state index contributed by atoms with van der Waals surface area (Å²) in [5.74, 6) is 1.43. The summed E-state index contributed by atoms with van der Waals surface area (Å²) in [7, 11) is 0. The van der Waals surface area contributed by atoms with Crippen LogP contribution in [0.3, 0.4) is 0 Å². The number of halogens is 1. The van der Waals surface area contributed by atoms with Crippen molar-refractivity contribution in [3.63, 3.8) is 0 Å². The Balaban J connectivity index is 1.45. The Kier molecular flexibility index (Phi) is 8.06. The molecule has 1 amide bonds. The Morgan fingerprint density at radius 3 is 2.62 bits per heavy atom. The number of carbonyl (C=O) groups is 1. The van der Waals surface area contributed by atoms with Crippen LogP contribution in [0.25, 0.3) is 22.4 Å². The van der Waals surface area contributed by atoms with Gasteiger partial charge in [0.05, 0.1) is 29.4 Å². The Bertz CT molecular complexity index is 1110. The zero-order valence-electron chi connectivity index (χ0n) is 20.3. The third-order valence-electron chi connectivity index (χ3n) is 6.37. The van der Waals surface area contributed by atoms with E-state index in [9.17, 15) is 4.79 Å². The molecule has 1 aliphatic rings. The second-order valence-electron chi connectivity index (χ2n) is 9.12. The monoisotopic (exact) mass is 483 g/mol. The lowest BCUT2D eigenvalue weighted by Crippen LogP contribution is -2.36. The standard InChI is InChI=1S/C26H34ClN5O2/c1-4-10-31(19(3)33)11-9-18(2)16-24-28-23-17-22(27)25(30-26(23)29-24)20-5-7-21(8-6-20)32-12-14-34-15-13-32/h5-8,17-18H,4,9-16H2,1-3H3,(H,28,29,30). The van der Waals surface area contributed by atoms with Gasteiger partial charge in [-0.15, -0.1) is 0 Å². The van der Waals surface area contributed by atoms with Crippen LogP contribution in [-0.4, -0.2) is 65.2 Å². The molecular formula is C26H34ClN5O2.